The van der Waals surface area contributed by atoms with Gasteiger partial charge in [-0.05, 0) is 50.2 Å². The Morgan fingerprint density at radius 3 is 2.70 bits per heavy atom. The number of amides is 1. The van der Waals surface area contributed by atoms with Gasteiger partial charge in [-0.25, -0.2) is 9.97 Å². The van der Waals surface area contributed by atoms with Crippen LogP contribution in [0.25, 0.3) is 22.1 Å². The van der Waals surface area contributed by atoms with Crippen LogP contribution in [0.1, 0.15) is 28.7 Å². The SMILES string of the molecule is CCn1c(NC(=O)c2ccc3nc(C)n(C)c3c2)nc2cc(C#N)ccc21. The average molecular weight is 358 g/mol. The number of hydrogen-bond donors (Lipinski definition) is 1. The Balaban J connectivity index is 1.72. The van der Waals surface area contributed by atoms with E-state index in [1.165, 1.54) is 0 Å². The topological polar surface area (TPSA) is 88.5 Å². The van der Waals surface area contributed by atoms with Crippen LogP contribution < -0.4 is 5.32 Å². The molecule has 1 N–H and O–H groups in total. The molecule has 1 amide bonds. The van der Waals surface area contributed by atoms with E-state index >= 15 is 0 Å². The Kier molecular flexibility index (Phi) is 3.89. The maximum Gasteiger partial charge on any atom is 0.258 e. The first-order chi connectivity index (χ1) is 13.0. The number of imidazole rings is 2. The highest BCUT2D eigenvalue weighted by Gasteiger charge is 2.15. The summed E-state index contributed by atoms with van der Waals surface area (Å²) in [5.74, 6) is 1.12. The average Bonchev–Trinajstić information content (AvgIpc) is 3.16. The molecule has 0 bridgehead atoms. The van der Waals surface area contributed by atoms with E-state index in [4.69, 9.17) is 5.26 Å². The highest BCUT2D eigenvalue weighted by Crippen LogP contribution is 2.22. The van der Waals surface area contributed by atoms with Crippen molar-refractivity contribution in [2.45, 2.75) is 20.4 Å². The van der Waals surface area contributed by atoms with Gasteiger partial charge in [-0.2, -0.15) is 5.26 Å². The molecule has 0 aliphatic carbocycles. The highest BCUT2D eigenvalue weighted by atomic mass is 16.1. The van der Waals surface area contributed by atoms with Crippen molar-refractivity contribution in [2.75, 3.05) is 5.32 Å². The van der Waals surface area contributed by atoms with E-state index < -0.39 is 0 Å². The molecule has 7 heteroatoms. The number of rotatable bonds is 3. The van der Waals surface area contributed by atoms with E-state index in [-0.39, 0.29) is 5.91 Å². The van der Waals surface area contributed by atoms with Crippen molar-refractivity contribution in [3.63, 3.8) is 0 Å². The first-order valence-corrected chi connectivity index (χ1v) is 8.66. The Labute approximate surface area is 155 Å². The Morgan fingerprint density at radius 2 is 1.96 bits per heavy atom. The lowest BCUT2D eigenvalue weighted by atomic mass is 10.2. The van der Waals surface area contributed by atoms with Crippen LogP contribution in [0.3, 0.4) is 0 Å². The van der Waals surface area contributed by atoms with Crippen molar-refractivity contribution in [3.8, 4) is 6.07 Å². The molecule has 0 radical (unpaired) electrons. The number of aromatic nitrogens is 4. The minimum atomic E-state index is -0.235. The minimum Gasteiger partial charge on any atom is -0.331 e. The molecular weight excluding hydrogens is 340 g/mol. The van der Waals surface area contributed by atoms with Crippen LogP contribution in [-0.4, -0.2) is 25.0 Å². The second kappa shape index (κ2) is 6.25. The van der Waals surface area contributed by atoms with Crippen molar-refractivity contribution in [3.05, 3.63) is 53.3 Å². The number of carbonyl (C=O) groups is 1. The summed E-state index contributed by atoms with van der Waals surface area (Å²) in [7, 11) is 1.93. The molecule has 0 fully saturated rings. The van der Waals surface area contributed by atoms with Gasteiger partial charge in [-0.1, -0.05) is 0 Å². The Bertz CT molecular complexity index is 1240. The van der Waals surface area contributed by atoms with Gasteiger partial charge in [0.1, 0.15) is 5.82 Å². The third kappa shape index (κ3) is 2.72. The Morgan fingerprint density at radius 1 is 1.15 bits per heavy atom. The van der Waals surface area contributed by atoms with Crippen LogP contribution in [0.15, 0.2) is 36.4 Å². The highest BCUT2D eigenvalue weighted by molar-refractivity contribution is 6.05. The summed E-state index contributed by atoms with van der Waals surface area (Å²) in [6, 6.07) is 12.9. The first-order valence-electron chi connectivity index (χ1n) is 8.66. The lowest BCUT2D eigenvalue weighted by Gasteiger charge is -2.08. The molecule has 0 aliphatic rings. The minimum absolute atomic E-state index is 0.235. The summed E-state index contributed by atoms with van der Waals surface area (Å²) in [6.45, 7) is 4.57. The van der Waals surface area contributed by atoms with E-state index in [0.717, 1.165) is 22.4 Å². The number of aryl methyl sites for hydroxylation is 3. The largest absolute Gasteiger partial charge is 0.331 e. The number of benzene rings is 2. The summed E-state index contributed by atoms with van der Waals surface area (Å²) in [4.78, 5) is 21.8. The fraction of sp³-hybridized carbons (Fsp3) is 0.200. The van der Waals surface area contributed by atoms with Crippen molar-refractivity contribution >= 4 is 33.9 Å². The lowest BCUT2D eigenvalue weighted by Crippen LogP contribution is -2.15. The van der Waals surface area contributed by atoms with Gasteiger partial charge in [0.05, 0.1) is 33.7 Å². The van der Waals surface area contributed by atoms with E-state index in [1.807, 2.05) is 48.2 Å². The molecule has 0 aliphatic heterocycles. The van der Waals surface area contributed by atoms with Crippen molar-refractivity contribution < 1.29 is 4.79 Å². The van der Waals surface area contributed by atoms with Gasteiger partial charge in [0, 0.05) is 19.2 Å². The quantitative estimate of drug-likeness (QED) is 0.608. The number of hydrogen-bond acceptors (Lipinski definition) is 4. The number of anilines is 1. The van der Waals surface area contributed by atoms with Crippen molar-refractivity contribution in [1.82, 2.24) is 19.1 Å². The van der Waals surface area contributed by atoms with Gasteiger partial charge in [0.25, 0.3) is 5.91 Å². The molecule has 0 atom stereocenters. The second-order valence-corrected chi connectivity index (χ2v) is 6.37. The zero-order valence-electron chi connectivity index (χ0n) is 15.3. The molecule has 4 aromatic rings. The maximum atomic E-state index is 12.8. The molecule has 4 rings (SSSR count). The summed E-state index contributed by atoms with van der Waals surface area (Å²) >= 11 is 0. The summed E-state index contributed by atoms with van der Waals surface area (Å²) < 4.78 is 3.87. The predicted molar refractivity (Wildman–Crippen MR) is 104 cm³/mol. The molecule has 2 aromatic carbocycles. The number of nitriles is 1. The molecule has 0 unspecified atom stereocenters. The third-order valence-electron chi connectivity index (χ3n) is 4.79. The van der Waals surface area contributed by atoms with Crippen LogP contribution in [0.2, 0.25) is 0 Å². The van der Waals surface area contributed by atoms with Crippen molar-refractivity contribution in [2.24, 2.45) is 7.05 Å². The summed E-state index contributed by atoms with van der Waals surface area (Å²) in [6.07, 6.45) is 0. The van der Waals surface area contributed by atoms with Crippen LogP contribution in [0.4, 0.5) is 5.95 Å². The molecule has 0 saturated carbocycles. The van der Waals surface area contributed by atoms with Gasteiger partial charge in [-0.3, -0.25) is 10.1 Å². The predicted octanol–water partition coefficient (Wildman–Crippen LogP) is 3.38. The van der Waals surface area contributed by atoms with Crippen LogP contribution >= 0.6 is 0 Å². The maximum absolute atomic E-state index is 12.8. The standard InChI is InChI=1S/C20H18N6O/c1-4-26-17-8-5-13(11-21)9-16(17)23-20(26)24-19(27)14-6-7-15-18(10-14)25(3)12(2)22-15/h5-10H,4H2,1-3H3,(H,23,24,27). The monoisotopic (exact) mass is 358 g/mol. The number of nitrogens with one attached hydrogen (secondary N) is 1. The molecule has 134 valence electrons. The molecule has 0 spiro atoms. The van der Waals surface area contributed by atoms with E-state index in [0.29, 0.717) is 29.1 Å². The number of nitrogens with zero attached hydrogens (tertiary/aromatic N) is 5. The van der Waals surface area contributed by atoms with Gasteiger partial charge in [0.15, 0.2) is 0 Å². The molecule has 0 saturated heterocycles. The summed E-state index contributed by atoms with van der Waals surface area (Å²) in [5, 5.41) is 12.0. The molecular formula is C20H18N6O. The molecule has 2 heterocycles. The molecule has 7 nitrogen and oxygen atoms in total. The zero-order valence-corrected chi connectivity index (χ0v) is 15.3. The van der Waals surface area contributed by atoms with E-state index in [9.17, 15) is 4.79 Å². The van der Waals surface area contributed by atoms with Gasteiger partial charge >= 0.3 is 0 Å². The smallest absolute Gasteiger partial charge is 0.258 e. The fourth-order valence-corrected chi connectivity index (χ4v) is 3.24. The lowest BCUT2D eigenvalue weighted by molar-refractivity contribution is 0.102. The van der Waals surface area contributed by atoms with Crippen LogP contribution in [0, 0.1) is 18.3 Å². The van der Waals surface area contributed by atoms with E-state index in [2.05, 4.69) is 21.4 Å². The number of fused-ring (bicyclic) bond motifs is 2. The summed E-state index contributed by atoms with van der Waals surface area (Å²) in [5.41, 5.74) is 4.41. The normalized spacial score (nSPS) is 11.0. The third-order valence-corrected chi connectivity index (χ3v) is 4.79. The number of carbonyl (C=O) groups excluding carboxylic acids is 1. The van der Waals surface area contributed by atoms with Gasteiger partial charge < -0.3 is 9.13 Å². The van der Waals surface area contributed by atoms with Crippen molar-refractivity contribution in [1.29, 1.82) is 5.26 Å². The van der Waals surface area contributed by atoms with E-state index in [1.54, 1.807) is 18.2 Å². The fourth-order valence-electron chi connectivity index (χ4n) is 3.24. The van der Waals surface area contributed by atoms with Crippen LogP contribution in [0.5, 0.6) is 0 Å². The van der Waals surface area contributed by atoms with Gasteiger partial charge in [-0.15, -0.1) is 0 Å². The second-order valence-electron chi connectivity index (χ2n) is 6.37. The Hall–Kier alpha value is -3.66. The molecule has 27 heavy (non-hydrogen) atoms. The zero-order chi connectivity index (χ0) is 19.1. The van der Waals surface area contributed by atoms with Gasteiger partial charge in [0.2, 0.25) is 5.95 Å². The molecule has 2 aromatic heterocycles. The van der Waals surface area contributed by atoms with Crippen LogP contribution in [-0.2, 0) is 13.6 Å². The first kappa shape index (κ1) is 16.8.